The van der Waals surface area contributed by atoms with E-state index >= 15 is 0 Å². The van der Waals surface area contributed by atoms with Gasteiger partial charge in [-0.05, 0) is 44.9 Å². The first-order chi connectivity index (χ1) is 16.6. The van der Waals surface area contributed by atoms with Gasteiger partial charge in [0.1, 0.15) is 12.2 Å². The third-order valence-corrected chi connectivity index (χ3v) is 5.91. The van der Waals surface area contributed by atoms with Crippen LogP contribution < -0.4 is 5.32 Å². The first-order valence-corrected chi connectivity index (χ1v) is 10.9. The van der Waals surface area contributed by atoms with Crippen LogP contribution in [0.2, 0.25) is 0 Å². The maximum Gasteiger partial charge on any atom is 0.280 e. The second-order valence-electron chi connectivity index (χ2n) is 8.36. The Morgan fingerprint density at radius 2 is 1.66 bits per heavy atom. The number of alkyl halides is 4. The number of aryl methyl sites for hydroxylation is 3. The van der Waals surface area contributed by atoms with Crippen molar-refractivity contribution in [1.29, 1.82) is 0 Å². The van der Waals surface area contributed by atoms with Crippen LogP contribution in [0.1, 0.15) is 52.3 Å². The van der Waals surface area contributed by atoms with Crippen molar-refractivity contribution in [2.24, 2.45) is 0 Å². The van der Waals surface area contributed by atoms with Crippen molar-refractivity contribution in [3.05, 3.63) is 69.8 Å². The van der Waals surface area contributed by atoms with Crippen molar-refractivity contribution in [3.63, 3.8) is 0 Å². The summed E-state index contributed by atoms with van der Waals surface area (Å²) >= 11 is 0. The molecule has 0 saturated carbocycles. The number of carbonyl (C=O) groups is 1. The van der Waals surface area contributed by atoms with Gasteiger partial charge in [-0.15, -0.1) is 0 Å². The predicted octanol–water partition coefficient (Wildman–Crippen LogP) is 5.42. The zero-order valence-corrected chi connectivity index (χ0v) is 19.6. The highest BCUT2D eigenvalue weighted by Gasteiger charge is 2.24. The van der Waals surface area contributed by atoms with Crippen molar-refractivity contribution in [1.82, 2.24) is 24.5 Å². The van der Waals surface area contributed by atoms with Crippen molar-refractivity contribution in [2.45, 2.75) is 53.6 Å². The van der Waals surface area contributed by atoms with Gasteiger partial charge in [0.2, 0.25) is 5.91 Å². The molecule has 0 aliphatic heterocycles. The molecule has 0 saturated heterocycles. The minimum absolute atomic E-state index is 0.0318. The number of anilines is 1. The fourth-order valence-corrected chi connectivity index (χ4v) is 4.10. The summed E-state index contributed by atoms with van der Waals surface area (Å²) < 4.78 is 56.5. The zero-order valence-electron chi connectivity index (χ0n) is 19.6. The Morgan fingerprint density at radius 3 is 2.31 bits per heavy atom. The highest BCUT2D eigenvalue weighted by atomic mass is 19.3. The van der Waals surface area contributed by atoms with Crippen LogP contribution in [-0.2, 0) is 17.9 Å². The fraction of sp³-hybridized carbons (Fsp3) is 0.333. The van der Waals surface area contributed by atoms with Gasteiger partial charge in [-0.25, -0.2) is 27.2 Å². The molecule has 1 amide bonds. The molecule has 3 aromatic heterocycles. The number of rotatable bonds is 7. The number of pyridine rings is 1. The molecule has 0 fully saturated rings. The summed E-state index contributed by atoms with van der Waals surface area (Å²) in [6.45, 7) is 7.19. The van der Waals surface area contributed by atoms with Gasteiger partial charge in [0.15, 0.2) is 5.65 Å². The van der Waals surface area contributed by atoms with E-state index in [2.05, 4.69) is 20.5 Å². The monoisotopic (exact) mass is 488 g/mol. The minimum Gasteiger partial charge on any atom is -0.321 e. The summed E-state index contributed by atoms with van der Waals surface area (Å²) in [5.41, 5.74) is 2.67. The Kier molecular flexibility index (Phi) is 6.60. The number of aromatic nitrogens is 5. The van der Waals surface area contributed by atoms with E-state index in [1.165, 1.54) is 6.92 Å². The third kappa shape index (κ3) is 4.75. The average molecular weight is 488 g/mol. The Morgan fingerprint density at radius 1 is 0.971 bits per heavy atom. The summed E-state index contributed by atoms with van der Waals surface area (Å²) in [5, 5.41) is 11.4. The van der Waals surface area contributed by atoms with Gasteiger partial charge in [0.25, 0.3) is 12.9 Å². The van der Waals surface area contributed by atoms with Crippen LogP contribution in [0, 0.1) is 27.7 Å². The lowest BCUT2D eigenvalue weighted by Gasteiger charge is -2.10. The maximum absolute atomic E-state index is 13.6. The molecule has 35 heavy (non-hydrogen) atoms. The molecule has 4 rings (SSSR count). The molecule has 0 spiro atoms. The van der Waals surface area contributed by atoms with Crippen LogP contribution in [0.3, 0.4) is 0 Å². The summed E-state index contributed by atoms with van der Waals surface area (Å²) in [7, 11) is 0. The second kappa shape index (κ2) is 9.47. The summed E-state index contributed by atoms with van der Waals surface area (Å²) in [6, 6.07) is 8.60. The van der Waals surface area contributed by atoms with Crippen LogP contribution in [-0.4, -0.2) is 30.5 Å². The van der Waals surface area contributed by atoms with Gasteiger partial charge in [0.05, 0.1) is 34.7 Å². The first kappa shape index (κ1) is 24.4. The van der Waals surface area contributed by atoms with Crippen LogP contribution in [0.5, 0.6) is 0 Å². The number of halogens is 4. The number of hydrogen-bond donors (Lipinski definition) is 1. The Hall–Kier alpha value is -3.76. The van der Waals surface area contributed by atoms with E-state index in [0.717, 1.165) is 21.5 Å². The third-order valence-electron chi connectivity index (χ3n) is 5.91. The molecule has 0 aliphatic carbocycles. The predicted molar refractivity (Wildman–Crippen MR) is 123 cm³/mol. The lowest BCUT2D eigenvalue weighted by molar-refractivity contribution is -0.116. The molecule has 0 aliphatic rings. The number of benzene rings is 1. The summed E-state index contributed by atoms with van der Waals surface area (Å²) in [4.78, 5) is 16.7. The van der Waals surface area contributed by atoms with Crippen molar-refractivity contribution in [2.75, 3.05) is 5.32 Å². The smallest absolute Gasteiger partial charge is 0.280 e. The second-order valence-corrected chi connectivity index (χ2v) is 8.36. The molecule has 1 aromatic carbocycles. The summed E-state index contributed by atoms with van der Waals surface area (Å²) in [6.07, 6.45) is -6.04. The number of carbonyl (C=O) groups excluding carboxylic acids is 1. The van der Waals surface area contributed by atoms with Gasteiger partial charge >= 0.3 is 0 Å². The highest BCUT2D eigenvalue weighted by molar-refractivity contribution is 5.93. The molecule has 0 atom stereocenters. The van der Waals surface area contributed by atoms with Crippen LogP contribution in [0.4, 0.5) is 23.2 Å². The van der Waals surface area contributed by atoms with Gasteiger partial charge in [-0.2, -0.15) is 10.2 Å². The molecule has 11 heteroatoms. The first-order valence-electron chi connectivity index (χ1n) is 10.9. The molecule has 0 bridgehead atoms. The topological polar surface area (TPSA) is 77.6 Å². The van der Waals surface area contributed by atoms with Crippen LogP contribution in [0.15, 0.2) is 30.3 Å². The largest absolute Gasteiger partial charge is 0.321 e. The average Bonchev–Trinajstić information content (AvgIpc) is 3.25. The fourth-order valence-electron chi connectivity index (χ4n) is 4.10. The molecule has 4 aromatic rings. The molecular weight excluding hydrogens is 464 g/mol. The maximum atomic E-state index is 13.6. The van der Waals surface area contributed by atoms with Crippen molar-refractivity contribution in [3.8, 4) is 0 Å². The minimum atomic E-state index is -3.04. The molecule has 0 radical (unpaired) electrons. The van der Waals surface area contributed by atoms with Crippen LogP contribution >= 0.6 is 0 Å². The lowest BCUT2D eigenvalue weighted by Crippen LogP contribution is -2.20. The Labute approximate surface area is 198 Å². The lowest BCUT2D eigenvalue weighted by atomic mass is 10.1. The van der Waals surface area contributed by atoms with E-state index in [4.69, 9.17) is 0 Å². The van der Waals surface area contributed by atoms with E-state index in [1.807, 2.05) is 38.1 Å². The van der Waals surface area contributed by atoms with Gasteiger partial charge in [-0.3, -0.25) is 9.48 Å². The number of nitrogens with one attached hydrogen (secondary N) is 1. The molecule has 1 N–H and O–H groups in total. The van der Waals surface area contributed by atoms with E-state index in [9.17, 15) is 22.4 Å². The standard InChI is InChI=1S/C24H24F4N6O/c1-12-7-5-6-8-16(12)10-33-15(4)21(14(3)32-33)30-19(35)11-34-24-20(13(2)31-34)17(22(25)26)9-18(29-24)23(27)28/h5-9,22-23H,10-11H2,1-4H3,(H,30,35). The van der Waals surface area contributed by atoms with Crippen LogP contribution in [0.25, 0.3) is 11.0 Å². The quantitative estimate of drug-likeness (QED) is 0.352. The number of nitrogens with zero attached hydrogens (tertiary/aromatic N) is 5. The number of hydrogen-bond acceptors (Lipinski definition) is 4. The van der Waals surface area contributed by atoms with Crippen molar-refractivity contribution >= 4 is 22.6 Å². The molecular formula is C24H24F4N6O. The molecule has 0 unspecified atom stereocenters. The van der Waals surface area contributed by atoms with Gasteiger partial charge in [-0.1, -0.05) is 24.3 Å². The number of amides is 1. The van der Waals surface area contributed by atoms with Gasteiger partial charge < -0.3 is 5.32 Å². The SMILES string of the molecule is Cc1ccccc1Cn1nc(C)c(NC(=O)Cn2nc(C)c3c(C(F)F)cc(C(F)F)nc32)c1C. The van der Waals surface area contributed by atoms with E-state index in [1.54, 1.807) is 11.6 Å². The van der Waals surface area contributed by atoms with E-state index < -0.39 is 36.6 Å². The zero-order chi connectivity index (χ0) is 25.4. The Bertz CT molecular complexity index is 1410. The molecule has 7 nitrogen and oxygen atoms in total. The van der Waals surface area contributed by atoms with E-state index in [-0.39, 0.29) is 16.7 Å². The molecule has 3 heterocycles. The summed E-state index contributed by atoms with van der Waals surface area (Å²) in [5.74, 6) is -0.515. The number of fused-ring (bicyclic) bond motifs is 1. The Balaban J connectivity index is 1.61. The highest BCUT2D eigenvalue weighted by Crippen LogP contribution is 2.32. The van der Waals surface area contributed by atoms with Gasteiger partial charge in [0, 0.05) is 5.56 Å². The normalized spacial score (nSPS) is 11.7. The van der Waals surface area contributed by atoms with E-state index in [0.29, 0.717) is 24.0 Å². The van der Waals surface area contributed by atoms with Crippen molar-refractivity contribution < 1.29 is 22.4 Å². The molecule has 184 valence electrons.